The molecule has 0 heterocycles. The van der Waals surface area contributed by atoms with Crippen LogP contribution in [-0.2, 0) is 0 Å². The highest BCUT2D eigenvalue weighted by molar-refractivity contribution is 6.17. The van der Waals surface area contributed by atoms with Gasteiger partial charge in [-0.25, -0.2) is 0 Å². The third-order valence-corrected chi connectivity index (χ3v) is 3.58. The molecule has 0 saturated heterocycles. The van der Waals surface area contributed by atoms with E-state index in [4.69, 9.17) is 16.7 Å². The molecule has 0 aliphatic heterocycles. The van der Waals surface area contributed by atoms with Crippen LogP contribution in [-0.4, -0.2) is 41.6 Å². The van der Waals surface area contributed by atoms with Crippen LogP contribution >= 0.6 is 11.6 Å². The van der Waals surface area contributed by atoms with Gasteiger partial charge >= 0.3 is 0 Å². The van der Waals surface area contributed by atoms with E-state index in [9.17, 15) is 0 Å². The Balaban J connectivity index is 4.01. The second kappa shape index (κ2) is 10.4. The lowest BCUT2D eigenvalue weighted by molar-refractivity contribution is 0.136. The van der Waals surface area contributed by atoms with Crippen molar-refractivity contribution < 1.29 is 5.11 Å². The molecule has 0 aliphatic carbocycles. The first-order valence-corrected chi connectivity index (χ1v) is 7.13. The van der Waals surface area contributed by atoms with Crippen molar-refractivity contribution in [3.8, 4) is 0 Å². The molecule has 0 amide bonds. The van der Waals surface area contributed by atoms with Crippen molar-refractivity contribution in [3.05, 3.63) is 0 Å². The molecule has 0 rings (SSSR count). The Morgan fingerprint density at radius 3 is 2.19 bits per heavy atom. The summed E-state index contributed by atoms with van der Waals surface area (Å²) in [5, 5.41) is 9.08. The lowest BCUT2D eigenvalue weighted by Crippen LogP contribution is -2.38. The first-order chi connectivity index (χ1) is 7.69. The smallest absolute Gasteiger partial charge is 0.0558 e. The molecule has 2 nitrogen and oxygen atoms in total. The maximum atomic E-state index is 9.08. The molecule has 0 saturated carbocycles. The van der Waals surface area contributed by atoms with Gasteiger partial charge in [0.15, 0.2) is 0 Å². The monoisotopic (exact) mass is 249 g/mol. The summed E-state index contributed by atoms with van der Waals surface area (Å²) in [6.07, 6.45) is 4.61. The molecule has 0 aromatic heterocycles. The molecule has 98 valence electrons. The van der Waals surface area contributed by atoms with Crippen LogP contribution < -0.4 is 0 Å². The molecule has 1 N–H and O–H groups in total. The maximum absolute atomic E-state index is 9.08. The normalized spacial score (nSPS) is 13.7. The van der Waals surface area contributed by atoms with Crippen molar-refractivity contribution in [1.82, 2.24) is 4.90 Å². The molecule has 0 spiro atoms. The first kappa shape index (κ1) is 16.2. The molecule has 0 radical (unpaired) electrons. The van der Waals surface area contributed by atoms with Crippen molar-refractivity contribution in [2.24, 2.45) is 5.92 Å². The van der Waals surface area contributed by atoms with Crippen LogP contribution in [0.1, 0.15) is 46.5 Å². The molecule has 3 heteroatoms. The summed E-state index contributed by atoms with van der Waals surface area (Å²) >= 11 is 5.74. The van der Waals surface area contributed by atoms with E-state index in [2.05, 4.69) is 25.7 Å². The summed E-state index contributed by atoms with van der Waals surface area (Å²) in [6.45, 7) is 8.86. The van der Waals surface area contributed by atoms with Crippen LogP contribution in [0.5, 0.6) is 0 Å². The molecule has 0 aromatic carbocycles. The zero-order chi connectivity index (χ0) is 12.4. The van der Waals surface area contributed by atoms with Gasteiger partial charge in [-0.2, -0.15) is 0 Å². The fourth-order valence-corrected chi connectivity index (χ4v) is 2.50. The largest absolute Gasteiger partial charge is 0.395 e. The van der Waals surface area contributed by atoms with Crippen molar-refractivity contribution in [2.75, 3.05) is 25.6 Å². The van der Waals surface area contributed by atoms with Gasteiger partial charge in [-0.05, 0) is 38.1 Å². The SMILES string of the molecule is CCC(CC)N(CCO)CCC(C)CCCl. The number of rotatable bonds is 10. The number of aliphatic hydroxyl groups is 1. The summed E-state index contributed by atoms with van der Waals surface area (Å²) in [4.78, 5) is 2.42. The Hall–Kier alpha value is 0.210. The quantitative estimate of drug-likeness (QED) is 0.602. The fraction of sp³-hybridized carbons (Fsp3) is 1.00. The maximum Gasteiger partial charge on any atom is 0.0558 e. The Morgan fingerprint density at radius 1 is 1.12 bits per heavy atom. The average molecular weight is 250 g/mol. The molecular formula is C13H28ClNO. The summed E-state index contributed by atoms with van der Waals surface area (Å²) in [5.74, 6) is 1.44. The highest BCUT2D eigenvalue weighted by Crippen LogP contribution is 2.13. The standard InChI is InChI=1S/C13H28ClNO/c1-4-13(5-2)15(10-11-16)9-7-12(3)6-8-14/h12-13,16H,4-11H2,1-3H3. The summed E-state index contributed by atoms with van der Waals surface area (Å²) in [5.41, 5.74) is 0. The van der Waals surface area contributed by atoms with E-state index in [0.717, 1.165) is 25.4 Å². The molecule has 0 aromatic rings. The second-order valence-electron chi connectivity index (χ2n) is 4.60. The Bertz CT molecular complexity index is 151. The third kappa shape index (κ3) is 6.72. The summed E-state index contributed by atoms with van der Waals surface area (Å²) in [7, 11) is 0. The van der Waals surface area contributed by atoms with E-state index < -0.39 is 0 Å². The van der Waals surface area contributed by atoms with Crippen LogP contribution in [0.25, 0.3) is 0 Å². The van der Waals surface area contributed by atoms with E-state index in [0.29, 0.717) is 12.0 Å². The number of alkyl halides is 1. The van der Waals surface area contributed by atoms with E-state index in [1.54, 1.807) is 0 Å². The van der Waals surface area contributed by atoms with Gasteiger partial charge in [0, 0.05) is 18.5 Å². The Morgan fingerprint density at radius 2 is 1.75 bits per heavy atom. The molecule has 0 bridgehead atoms. The predicted molar refractivity (Wildman–Crippen MR) is 72.1 cm³/mol. The molecule has 0 aliphatic rings. The Kier molecular flexibility index (Phi) is 10.5. The minimum atomic E-state index is 0.264. The number of aliphatic hydroxyl groups excluding tert-OH is 1. The van der Waals surface area contributed by atoms with E-state index in [1.807, 2.05) is 0 Å². The fourth-order valence-electron chi connectivity index (χ4n) is 2.13. The van der Waals surface area contributed by atoms with Crippen LogP contribution in [0.3, 0.4) is 0 Å². The van der Waals surface area contributed by atoms with Crippen LogP contribution in [0.2, 0.25) is 0 Å². The third-order valence-electron chi connectivity index (χ3n) is 3.36. The minimum absolute atomic E-state index is 0.264. The molecule has 1 atom stereocenters. The van der Waals surface area contributed by atoms with Gasteiger partial charge in [0.25, 0.3) is 0 Å². The summed E-state index contributed by atoms with van der Waals surface area (Å²) < 4.78 is 0. The summed E-state index contributed by atoms with van der Waals surface area (Å²) in [6, 6.07) is 0.621. The first-order valence-electron chi connectivity index (χ1n) is 6.60. The average Bonchev–Trinajstić information content (AvgIpc) is 2.28. The van der Waals surface area contributed by atoms with Gasteiger partial charge in [-0.3, -0.25) is 4.90 Å². The number of nitrogens with zero attached hydrogens (tertiary/aromatic N) is 1. The van der Waals surface area contributed by atoms with Crippen molar-refractivity contribution in [2.45, 2.75) is 52.5 Å². The van der Waals surface area contributed by atoms with Crippen LogP contribution in [0, 0.1) is 5.92 Å². The highest BCUT2D eigenvalue weighted by Gasteiger charge is 2.15. The van der Waals surface area contributed by atoms with Gasteiger partial charge in [-0.1, -0.05) is 20.8 Å². The van der Waals surface area contributed by atoms with Crippen molar-refractivity contribution in [3.63, 3.8) is 0 Å². The van der Waals surface area contributed by atoms with Gasteiger partial charge in [-0.15, -0.1) is 11.6 Å². The van der Waals surface area contributed by atoms with Crippen molar-refractivity contribution >= 4 is 11.6 Å². The predicted octanol–water partition coefficient (Wildman–Crippen LogP) is 3.12. The molecule has 16 heavy (non-hydrogen) atoms. The molecule has 1 unspecified atom stereocenters. The van der Waals surface area contributed by atoms with Crippen molar-refractivity contribution in [1.29, 1.82) is 0 Å². The minimum Gasteiger partial charge on any atom is -0.395 e. The van der Waals surface area contributed by atoms with Gasteiger partial charge in [0.05, 0.1) is 6.61 Å². The topological polar surface area (TPSA) is 23.5 Å². The van der Waals surface area contributed by atoms with E-state index >= 15 is 0 Å². The van der Waals surface area contributed by atoms with Crippen LogP contribution in [0.15, 0.2) is 0 Å². The van der Waals surface area contributed by atoms with Gasteiger partial charge in [0.2, 0.25) is 0 Å². The molecular weight excluding hydrogens is 222 g/mol. The van der Waals surface area contributed by atoms with Gasteiger partial charge in [0.1, 0.15) is 0 Å². The van der Waals surface area contributed by atoms with Crippen LogP contribution in [0.4, 0.5) is 0 Å². The second-order valence-corrected chi connectivity index (χ2v) is 4.98. The zero-order valence-corrected chi connectivity index (χ0v) is 11.8. The van der Waals surface area contributed by atoms with E-state index in [-0.39, 0.29) is 6.61 Å². The lowest BCUT2D eigenvalue weighted by Gasteiger charge is -2.30. The van der Waals surface area contributed by atoms with E-state index in [1.165, 1.54) is 19.3 Å². The number of halogens is 1. The Labute approximate surface area is 106 Å². The van der Waals surface area contributed by atoms with Gasteiger partial charge < -0.3 is 5.11 Å². The molecule has 0 fully saturated rings. The lowest BCUT2D eigenvalue weighted by atomic mass is 10.0. The number of hydrogen-bond donors (Lipinski definition) is 1. The highest BCUT2D eigenvalue weighted by atomic mass is 35.5. The number of hydrogen-bond acceptors (Lipinski definition) is 2. The zero-order valence-electron chi connectivity index (χ0n) is 11.1.